The zero-order valence-electron chi connectivity index (χ0n) is 31.4. The number of unbranched alkanes of at least 4 members (excludes halogenated alkanes) is 3. The normalized spacial score (nSPS) is 25.4. The van der Waals surface area contributed by atoms with Crippen molar-refractivity contribution >= 4 is 45.3 Å². The van der Waals surface area contributed by atoms with Gasteiger partial charge in [0.2, 0.25) is 11.8 Å². The topological polar surface area (TPSA) is 117 Å². The van der Waals surface area contributed by atoms with Crippen LogP contribution in [0.4, 0.5) is 5.69 Å². The van der Waals surface area contributed by atoms with E-state index in [4.69, 9.17) is 9.47 Å². The second-order valence-corrected chi connectivity index (χ2v) is 15.9. The number of aryl methyl sites for hydroxylation is 2. The number of rotatable bonds is 18. The molecule has 0 aromatic heterocycles. The number of hydrogen-bond donors (Lipinski definition) is 1. The van der Waals surface area contributed by atoms with Crippen LogP contribution >= 0.6 is 15.9 Å². The number of likely N-dealkylation sites (N-methyl/N-ethyl adjacent to an activating group) is 1. The molecule has 2 aromatic rings. The highest BCUT2D eigenvalue weighted by Gasteiger charge is 2.77. The Morgan fingerprint density at radius 3 is 2.49 bits per heavy atom. The zero-order chi connectivity index (χ0) is 38.4. The Morgan fingerprint density at radius 2 is 1.81 bits per heavy atom. The van der Waals surface area contributed by atoms with Gasteiger partial charge in [-0.3, -0.25) is 19.2 Å². The molecule has 53 heavy (non-hydrogen) atoms. The molecule has 11 heteroatoms. The summed E-state index contributed by atoms with van der Waals surface area (Å²) in [5.41, 5.74) is 2.07. The molecule has 3 amide bonds. The summed E-state index contributed by atoms with van der Waals surface area (Å²) >= 11 is 3.78. The fraction of sp³-hybridized carbons (Fsp3) is 0.524. The van der Waals surface area contributed by atoms with Gasteiger partial charge in [-0.1, -0.05) is 83.4 Å². The van der Waals surface area contributed by atoms with Crippen molar-refractivity contribution in [3.8, 4) is 0 Å². The Balaban J connectivity index is 1.52. The highest BCUT2D eigenvalue weighted by atomic mass is 79.9. The fourth-order valence-electron chi connectivity index (χ4n) is 8.38. The molecule has 286 valence electrons. The van der Waals surface area contributed by atoms with Crippen molar-refractivity contribution in [2.75, 3.05) is 31.6 Å². The number of esters is 1. The zero-order valence-corrected chi connectivity index (χ0v) is 33.0. The third-order valence-corrected chi connectivity index (χ3v) is 12.1. The summed E-state index contributed by atoms with van der Waals surface area (Å²) in [6, 6.07) is 13.7. The van der Waals surface area contributed by atoms with E-state index in [0.717, 1.165) is 35.2 Å². The number of ether oxygens (including phenoxy) is 2. The van der Waals surface area contributed by atoms with Crippen LogP contribution in [0.1, 0.15) is 74.7 Å². The van der Waals surface area contributed by atoms with Crippen LogP contribution in [0.3, 0.4) is 0 Å². The number of carbonyl (C=O) groups is 4. The maximum absolute atomic E-state index is 15.1. The lowest BCUT2D eigenvalue weighted by molar-refractivity contribution is -0.164. The van der Waals surface area contributed by atoms with Crippen LogP contribution in [-0.2, 0) is 28.7 Å². The first kappa shape index (κ1) is 40.4. The Bertz CT molecular complexity index is 1670. The van der Waals surface area contributed by atoms with Crippen LogP contribution in [0.2, 0.25) is 0 Å². The highest BCUT2D eigenvalue weighted by Crippen LogP contribution is 2.60. The molecule has 1 spiro atoms. The monoisotopic (exact) mass is 791 g/mol. The Labute approximate surface area is 322 Å². The van der Waals surface area contributed by atoms with Crippen LogP contribution in [0, 0.1) is 25.7 Å². The number of hydrogen-bond acceptors (Lipinski definition) is 7. The maximum atomic E-state index is 15.1. The van der Waals surface area contributed by atoms with E-state index in [1.165, 1.54) is 0 Å². The van der Waals surface area contributed by atoms with Crippen LogP contribution < -0.4 is 4.90 Å². The predicted octanol–water partition coefficient (Wildman–Crippen LogP) is 6.22. The third-order valence-electron chi connectivity index (χ3n) is 11.2. The largest absolute Gasteiger partial charge is 0.455 e. The smallest absolute Gasteiger partial charge is 0.313 e. The molecule has 3 fully saturated rings. The van der Waals surface area contributed by atoms with Gasteiger partial charge in [0.05, 0.1) is 24.0 Å². The minimum Gasteiger partial charge on any atom is -0.455 e. The maximum Gasteiger partial charge on any atom is 0.313 e. The summed E-state index contributed by atoms with van der Waals surface area (Å²) < 4.78 is 13.2. The SMILES string of the molecule is C=CCCC(=O)N(C)[C@H](C)[C@H](OC(=O)[C@@H]1[C@H]2O[C@@]3(CC2Br)[C@H](C(=O)N(CC=C)c2cc(C)ccc2C)N(CCCCCCO)C(=O)[C@@H]13)c1ccccc1. The van der Waals surface area contributed by atoms with Gasteiger partial charge in [-0.15, -0.1) is 13.2 Å². The first-order chi connectivity index (χ1) is 25.4. The van der Waals surface area contributed by atoms with Gasteiger partial charge in [-0.25, -0.2) is 0 Å². The quantitative estimate of drug-likeness (QED) is 0.0825. The lowest BCUT2D eigenvalue weighted by Crippen LogP contribution is -2.57. The summed E-state index contributed by atoms with van der Waals surface area (Å²) in [6.07, 6.45) is 5.84. The number of nitrogens with zero attached hydrogens (tertiary/aromatic N) is 3. The van der Waals surface area contributed by atoms with Crippen LogP contribution in [-0.4, -0.2) is 94.0 Å². The number of benzene rings is 2. The van der Waals surface area contributed by atoms with Crippen molar-refractivity contribution in [3.05, 3.63) is 90.5 Å². The lowest BCUT2D eigenvalue weighted by atomic mass is 9.70. The van der Waals surface area contributed by atoms with Crippen molar-refractivity contribution in [2.45, 2.75) is 100 Å². The number of allylic oxidation sites excluding steroid dienone is 1. The number of carbonyl (C=O) groups excluding carboxylic acids is 4. The van der Waals surface area contributed by atoms with E-state index in [1.54, 1.807) is 33.9 Å². The van der Waals surface area contributed by atoms with E-state index >= 15 is 4.79 Å². The number of aliphatic hydroxyl groups excluding tert-OH is 1. The van der Waals surface area contributed by atoms with Crippen molar-refractivity contribution in [2.24, 2.45) is 11.8 Å². The second kappa shape index (κ2) is 17.6. The van der Waals surface area contributed by atoms with E-state index in [2.05, 4.69) is 29.1 Å². The molecule has 5 rings (SSSR count). The van der Waals surface area contributed by atoms with Gasteiger partial charge in [0, 0.05) is 43.7 Å². The minimum atomic E-state index is -1.27. The van der Waals surface area contributed by atoms with Gasteiger partial charge in [0.25, 0.3) is 5.91 Å². The highest BCUT2D eigenvalue weighted by molar-refractivity contribution is 9.09. The number of likely N-dealkylation sites (tertiary alicyclic amines) is 1. The average molecular weight is 793 g/mol. The number of aliphatic hydroxyl groups is 1. The minimum absolute atomic E-state index is 0.0916. The van der Waals surface area contributed by atoms with E-state index in [0.29, 0.717) is 32.2 Å². The number of fused-ring (bicyclic) bond motifs is 1. The number of halogens is 1. The van der Waals surface area contributed by atoms with Crippen molar-refractivity contribution in [1.82, 2.24) is 9.80 Å². The molecule has 3 heterocycles. The van der Waals surface area contributed by atoms with Crippen LogP contribution in [0.15, 0.2) is 73.8 Å². The van der Waals surface area contributed by atoms with Crippen LogP contribution in [0.25, 0.3) is 0 Å². The standard InChI is InChI=1S/C42H54BrN3O7/c1-7-9-19-33(48)44(6)29(5)36(30-17-13-12-14-18-30)52-41(51)34-35-39(49)46(23-15-10-11-16-24-47)38(42(35)26-31(43)37(34)53-42)40(50)45(22-8-2)32-25-27(3)20-21-28(32)4/h7-8,12-14,17-18,20-21,25,29,31,34-38,47H,1-2,9-11,15-16,19,22-24,26H2,3-6H3/t29-,31?,34+,35-,36+,37+,38+,42-/m1/s1. The molecule has 2 aromatic carbocycles. The number of amides is 3. The molecular weight excluding hydrogens is 738 g/mol. The Kier molecular flexibility index (Phi) is 13.4. The summed E-state index contributed by atoms with van der Waals surface area (Å²) in [6.45, 7) is 14.0. The summed E-state index contributed by atoms with van der Waals surface area (Å²) in [5.74, 6) is -3.20. The van der Waals surface area contributed by atoms with Gasteiger partial charge in [-0.05, 0) is 69.2 Å². The van der Waals surface area contributed by atoms with Gasteiger partial charge < -0.3 is 29.3 Å². The number of anilines is 1. The summed E-state index contributed by atoms with van der Waals surface area (Å²) in [5, 5.41) is 9.33. The molecule has 1 unspecified atom stereocenters. The average Bonchev–Trinajstić information content (AvgIpc) is 3.75. The molecule has 8 atom stereocenters. The van der Waals surface area contributed by atoms with Gasteiger partial charge in [-0.2, -0.15) is 0 Å². The fourth-order valence-corrected chi connectivity index (χ4v) is 9.33. The van der Waals surface area contributed by atoms with Crippen molar-refractivity contribution in [3.63, 3.8) is 0 Å². The molecule has 10 nitrogen and oxygen atoms in total. The van der Waals surface area contributed by atoms with E-state index < -0.39 is 47.7 Å². The van der Waals surface area contributed by atoms with E-state index in [9.17, 15) is 19.5 Å². The number of alkyl halides is 1. The Hall–Kier alpha value is -3.80. The molecule has 0 aliphatic carbocycles. The van der Waals surface area contributed by atoms with Crippen molar-refractivity contribution in [1.29, 1.82) is 0 Å². The van der Waals surface area contributed by atoms with Crippen LogP contribution in [0.5, 0.6) is 0 Å². The first-order valence-electron chi connectivity index (χ1n) is 18.8. The molecular formula is C42H54BrN3O7. The molecule has 1 N–H and O–H groups in total. The van der Waals surface area contributed by atoms with Gasteiger partial charge in [0.1, 0.15) is 17.7 Å². The molecule has 0 saturated carbocycles. The molecule has 3 aliphatic rings. The van der Waals surface area contributed by atoms with Crippen molar-refractivity contribution < 1.29 is 33.8 Å². The summed E-state index contributed by atoms with van der Waals surface area (Å²) in [7, 11) is 1.70. The molecule has 2 bridgehead atoms. The second-order valence-electron chi connectivity index (χ2n) is 14.7. The van der Waals surface area contributed by atoms with Gasteiger partial charge >= 0.3 is 5.97 Å². The lowest BCUT2D eigenvalue weighted by Gasteiger charge is -2.37. The predicted molar refractivity (Wildman–Crippen MR) is 208 cm³/mol. The van der Waals surface area contributed by atoms with E-state index in [1.807, 2.05) is 69.3 Å². The van der Waals surface area contributed by atoms with E-state index in [-0.39, 0.29) is 42.1 Å². The Morgan fingerprint density at radius 1 is 1.09 bits per heavy atom. The van der Waals surface area contributed by atoms with Gasteiger partial charge in [0.15, 0.2) is 0 Å². The molecule has 3 saturated heterocycles. The first-order valence-corrected chi connectivity index (χ1v) is 19.7. The molecule has 3 aliphatic heterocycles. The third kappa shape index (κ3) is 8.03. The molecule has 0 radical (unpaired) electrons. The summed E-state index contributed by atoms with van der Waals surface area (Å²) in [4.78, 5) is 62.2.